The van der Waals surface area contributed by atoms with Gasteiger partial charge in [0, 0.05) is 49.8 Å². The van der Waals surface area contributed by atoms with Crippen LogP contribution >= 0.6 is 0 Å². The molecule has 4 saturated heterocycles. The molecule has 1 aromatic heterocycles. The fraction of sp³-hybridized carbons (Fsp3) is 0.542. The predicted molar refractivity (Wildman–Crippen MR) is 114 cm³/mol. The Morgan fingerprint density at radius 2 is 1.79 bits per heavy atom. The monoisotopic (exact) mass is 393 g/mol. The molecule has 4 aliphatic rings. The zero-order chi connectivity index (χ0) is 20.2. The van der Waals surface area contributed by atoms with E-state index < -0.39 is 5.60 Å². The van der Waals surface area contributed by atoms with Crippen LogP contribution in [0.3, 0.4) is 0 Å². The number of likely N-dealkylation sites (tertiary alicyclic amines) is 1. The summed E-state index contributed by atoms with van der Waals surface area (Å²) in [7, 11) is 2.11. The lowest BCUT2D eigenvalue weighted by Crippen LogP contribution is -2.63. The summed E-state index contributed by atoms with van der Waals surface area (Å²) in [6.07, 6.45) is 6.62. The van der Waals surface area contributed by atoms with E-state index in [9.17, 15) is 5.11 Å². The molecule has 0 aliphatic carbocycles. The number of morpholine rings is 1. The smallest absolute Gasteiger partial charge is 0.124 e. The minimum Gasteiger partial charge on any atom is -0.380 e. The highest BCUT2D eigenvalue weighted by molar-refractivity contribution is 5.51. The van der Waals surface area contributed by atoms with Gasteiger partial charge < -0.3 is 19.6 Å². The summed E-state index contributed by atoms with van der Waals surface area (Å²) in [6, 6.07) is 10.6. The Morgan fingerprint density at radius 1 is 1.14 bits per heavy atom. The molecule has 1 N–H and O–H groups in total. The largest absolute Gasteiger partial charge is 0.380 e. The Bertz CT molecular complexity index is 877. The number of anilines is 1. The molecule has 29 heavy (non-hydrogen) atoms. The van der Waals surface area contributed by atoms with Gasteiger partial charge in [0.15, 0.2) is 0 Å². The topological polar surface area (TPSA) is 48.8 Å². The maximum atomic E-state index is 12.3. The number of piperidine rings is 1. The van der Waals surface area contributed by atoms with Gasteiger partial charge in [0.2, 0.25) is 0 Å². The van der Waals surface area contributed by atoms with Crippen molar-refractivity contribution in [3.63, 3.8) is 0 Å². The molecular weight excluding hydrogens is 362 g/mol. The molecule has 0 radical (unpaired) electrons. The molecule has 5 nitrogen and oxygen atoms in total. The van der Waals surface area contributed by atoms with Gasteiger partial charge in [-0.05, 0) is 30.7 Å². The number of benzene rings is 1. The van der Waals surface area contributed by atoms with E-state index in [0.29, 0.717) is 12.2 Å². The number of fused-ring (bicyclic) bond motifs is 2. The van der Waals surface area contributed by atoms with Crippen LogP contribution in [0.4, 0.5) is 5.69 Å². The van der Waals surface area contributed by atoms with Crippen LogP contribution in [0, 0.1) is 5.41 Å². The molecule has 2 aromatic rings. The first-order valence-electron chi connectivity index (χ1n) is 10.8. The number of rotatable bonds is 5. The number of pyridine rings is 1. The molecule has 154 valence electrons. The summed E-state index contributed by atoms with van der Waals surface area (Å²) in [4.78, 5) is 9.18. The summed E-state index contributed by atoms with van der Waals surface area (Å²) in [5.41, 5.74) is 2.86. The fourth-order valence-electron chi connectivity index (χ4n) is 5.58. The SMILES string of the molecule is CCc1ccc([C@](O)(c2cncc(N3CC4CC(C3)O4)c2)C2(C)CN(C)C2)cc1. The third-order valence-corrected chi connectivity index (χ3v) is 7.16. The highest BCUT2D eigenvalue weighted by atomic mass is 16.5. The Labute approximate surface area is 173 Å². The van der Waals surface area contributed by atoms with Gasteiger partial charge in [-0.15, -0.1) is 0 Å². The normalized spacial score (nSPS) is 27.7. The molecule has 0 amide bonds. The highest BCUT2D eigenvalue weighted by Gasteiger charge is 2.55. The van der Waals surface area contributed by atoms with Crippen molar-refractivity contribution in [2.45, 2.75) is 44.5 Å². The molecule has 6 rings (SSSR count). The van der Waals surface area contributed by atoms with Crippen molar-refractivity contribution in [1.82, 2.24) is 9.88 Å². The number of hydrogen-bond donors (Lipinski definition) is 1. The van der Waals surface area contributed by atoms with Crippen molar-refractivity contribution in [3.8, 4) is 0 Å². The number of aromatic nitrogens is 1. The Kier molecular flexibility index (Phi) is 4.46. The Morgan fingerprint density at radius 3 is 2.38 bits per heavy atom. The Hall–Kier alpha value is -1.95. The van der Waals surface area contributed by atoms with Gasteiger partial charge in [-0.25, -0.2) is 0 Å². The zero-order valence-corrected chi connectivity index (χ0v) is 17.6. The van der Waals surface area contributed by atoms with Crippen LogP contribution in [-0.2, 0) is 16.8 Å². The molecule has 4 fully saturated rings. The second kappa shape index (κ2) is 6.79. The van der Waals surface area contributed by atoms with E-state index in [2.05, 4.69) is 66.0 Å². The summed E-state index contributed by atoms with van der Waals surface area (Å²) in [5.74, 6) is 0. The van der Waals surface area contributed by atoms with E-state index in [4.69, 9.17) is 4.74 Å². The molecule has 1 aromatic carbocycles. The number of hydrogen-bond acceptors (Lipinski definition) is 5. The van der Waals surface area contributed by atoms with Gasteiger partial charge >= 0.3 is 0 Å². The summed E-state index contributed by atoms with van der Waals surface area (Å²) in [6.45, 7) is 7.87. The summed E-state index contributed by atoms with van der Waals surface area (Å²) < 4.78 is 5.79. The van der Waals surface area contributed by atoms with Gasteiger partial charge in [0.05, 0.1) is 24.1 Å². The molecule has 3 atom stereocenters. The standard InChI is InChI=1S/C24H31N3O2/c1-4-17-5-7-18(8-6-17)24(28,23(2)15-26(3)16-23)19-9-20(12-25-11-19)27-13-21-10-22(14-27)29-21/h5-9,11-12,21-22,28H,4,10,13-16H2,1-3H3/t21?,22?,24-/m0/s1. The van der Waals surface area contributed by atoms with E-state index in [1.165, 1.54) is 12.0 Å². The van der Waals surface area contributed by atoms with Gasteiger partial charge in [0.25, 0.3) is 0 Å². The van der Waals surface area contributed by atoms with E-state index in [1.54, 1.807) is 0 Å². The number of ether oxygens (including phenoxy) is 1. The number of aliphatic hydroxyl groups is 1. The predicted octanol–water partition coefficient (Wildman–Crippen LogP) is 2.81. The molecule has 5 heteroatoms. The van der Waals surface area contributed by atoms with Gasteiger partial charge in [-0.1, -0.05) is 38.1 Å². The van der Waals surface area contributed by atoms with Crippen molar-refractivity contribution in [1.29, 1.82) is 0 Å². The van der Waals surface area contributed by atoms with Crippen LogP contribution in [0.25, 0.3) is 0 Å². The molecule has 0 spiro atoms. The quantitative estimate of drug-likeness (QED) is 0.847. The third kappa shape index (κ3) is 2.98. The van der Waals surface area contributed by atoms with Crippen LogP contribution in [0.1, 0.15) is 37.0 Å². The second-order valence-corrected chi connectivity index (χ2v) is 9.45. The average molecular weight is 394 g/mol. The first-order valence-corrected chi connectivity index (χ1v) is 10.8. The van der Waals surface area contributed by atoms with Crippen LogP contribution < -0.4 is 4.90 Å². The van der Waals surface area contributed by atoms with Crippen molar-refractivity contribution in [3.05, 3.63) is 59.4 Å². The molecule has 2 bridgehead atoms. The first-order chi connectivity index (χ1) is 13.9. The van der Waals surface area contributed by atoms with Crippen molar-refractivity contribution < 1.29 is 9.84 Å². The molecule has 5 heterocycles. The van der Waals surface area contributed by atoms with Crippen LogP contribution in [0.15, 0.2) is 42.7 Å². The first kappa shape index (κ1) is 19.0. The zero-order valence-electron chi connectivity index (χ0n) is 17.6. The van der Waals surface area contributed by atoms with E-state index in [0.717, 1.165) is 49.4 Å². The fourth-order valence-corrected chi connectivity index (χ4v) is 5.58. The van der Waals surface area contributed by atoms with E-state index in [-0.39, 0.29) is 5.41 Å². The maximum absolute atomic E-state index is 12.3. The van der Waals surface area contributed by atoms with E-state index >= 15 is 0 Å². The molecule has 4 aliphatic heterocycles. The van der Waals surface area contributed by atoms with Crippen LogP contribution in [0.2, 0.25) is 0 Å². The number of nitrogens with zero attached hydrogens (tertiary/aromatic N) is 3. The molecule has 0 saturated carbocycles. The van der Waals surface area contributed by atoms with Gasteiger partial charge in [-0.3, -0.25) is 4.98 Å². The lowest BCUT2D eigenvalue weighted by atomic mass is 9.62. The van der Waals surface area contributed by atoms with Crippen molar-refractivity contribution >= 4 is 5.69 Å². The van der Waals surface area contributed by atoms with E-state index in [1.807, 2.05) is 12.4 Å². The third-order valence-electron chi connectivity index (χ3n) is 7.16. The summed E-state index contributed by atoms with van der Waals surface area (Å²) in [5, 5.41) is 12.3. The average Bonchev–Trinajstić information content (AvgIpc) is 2.72. The number of aryl methyl sites for hydroxylation is 1. The Balaban J connectivity index is 1.55. The molecule has 2 unspecified atom stereocenters. The van der Waals surface area contributed by atoms with Crippen molar-refractivity contribution in [2.75, 3.05) is 38.1 Å². The summed E-state index contributed by atoms with van der Waals surface area (Å²) >= 11 is 0. The van der Waals surface area contributed by atoms with Crippen LogP contribution in [-0.4, -0.2) is 60.4 Å². The lowest BCUT2D eigenvalue weighted by molar-refractivity contribution is -0.133. The van der Waals surface area contributed by atoms with Gasteiger partial charge in [0.1, 0.15) is 5.60 Å². The maximum Gasteiger partial charge on any atom is 0.124 e. The minimum absolute atomic E-state index is 0.261. The van der Waals surface area contributed by atoms with Crippen molar-refractivity contribution in [2.24, 2.45) is 5.41 Å². The highest BCUT2D eigenvalue weighted by Crippen LogP contribution is 2.50. The second-order valence-electron chi connectivity index (χ2n) is 9.45. The molecular formula is C24H31N3O2. The lowest BCUT2D eigenvalue weighted by Gasteiger charge is -2.56. The minimum atomic E-state index is -1.08. The van der Waals surface area contributed by atoms with Gasteiger partial charge in [-0.2, -0.15) is 0 Å². The van der Waals surface area contributed by atoms with Crippen LogP contribution in [0.5, 0.6) is 0 Å².